The van der Waals surface area contributed by atoms with Crippen molar-refractivity contribution >= 4 is 32.1 Å². The molecule has 2 N–H and O–H groups in total. The Labute approximate surface area is 80.5 Å². The van der Waals surface area contributed by atoms with Gasteiger partial charge in [0, 0.05) is 13.8 Å². The van der Waals surface area contributed by atoms with E-state index in [4.69, 9.17) is 19.8 Å². The third-order valence-corrected chi connectivity index (χ3v) is 0. The molecule has 0 aromatic carbocycles. The molecule has 0 saturated heterocycles. The van der Waals surface area contributed by atoms with E-state index in [9.17, 15) is 0 Å². The Balaban J connectivity index is -0.000000101. The molecule has 0 radical (unpaired) electrons. The summed E-state index contributed by atoms with van der Waals surface area (Å²) in [6.45, 7) is 2.17. The van der Waals surface area contributed by atoms with E-state index in [0.29, 0.717) is 0 Å². The van der Waals surface area contributed by atoms with Crippen LogP contribution in [-0.4, -0.2) is 42.4 Å². The molecule has 0 aliphatic heterocycles. The number of aliphatic carboxylic acids is 2. The van der Waals surface area contributed by atoms with E-state index in [1.165, 1.54) is 0 Å². The van der Waals surface area contributed by atoms with Crippen molar-refractivity contribution in [3.63, 3.8) is 0 Å². The molecule has 0 aliphatic carbocycles. The van der Waals surface area contributed by atoms with Crippen LogP contribution < -0.4 is 0 Å². The predicted octanol–water partition coefficient (Wildman–Crippen LogP) is 1.55. The first-order chi connectivity index (χ1) is 5.20. The van der Waals surface area contributed by atoms with Crippen LogP contribution in [0.4, 0.5) is 0 Å². The van der Waals surface area contributed by atoms with Crippen molar-refractivity contribution in [3.8, 4) is 0 Å². The molecule has 4 nitrogen and oxygen atoms in total. The summed E-state index contributed by atoms with van der Waals surface area (Å²) in [6, 6.07) is 0. The summed E-state index contributed by atoms with van der Waals surface area (Å²) >= 11 is -0.450. The number of carboxylic acid groups (broad SMARTS) is 2. The van der Waals surface area contributed by atoms with Crippen molar-refractivity contribution in [2.75, 3.05) is 0 Å². The van der Waals surface area contributed by atoms with Crippen LogP contribution in [0.15, 0.2) is 0 Å². The quantitative estimate of drug-likeness (QED) is 0.663. The normalized spacial score (nSPS) is 7.17. The van der Waals surface area contributed by atoms with Crippen molar-refractivity contribution in [1.29, 1.82) is 0 Å². The maximum atomic E-state index is 9.00. The van der Waals surface area contributed by atoms with Crippen LogP contribution in [0.2, 0.25) is 14.6 Å². The molecule has 5 heteroatoms. The third kappa shape index (κ3) is 12800. The van der Waals surface area contributed by atoms with Crippen LogP contribution in [0.5, 0.6) is 0 Å². The van der Waals surface area contributed by atoms with Crippen molar-refractivity contribution < 1.29 is 19.8 Å². The fourth-order valence-corrected chi connectivity index (χ4v) is 0. The Bertz CT molecular complexity index is 99.8. The summed E-state index contributed by atoms with van der Waals surface area (Å²) in [7, 11) is 0. The summed E-state index contributed by atoms with van der Waals surface area (Å²) in [5.74, 6) is -1.67. The summed E-state index contributed by atoms with van der Waals surface area (Å²) in [5, 5.41) is 14.8. The number of hydrogen-bond acceptors (Lipinski definition) is 2. The molecule has 0 heterocycles. The van der Waals surface area contributed by atoms with Crippen molar-refractivity contribution in [2.45, 2.75) is 28.5 Å². The first-order valence-electron chi connectivity index (χ1n) is 3.20. The molecule has 12 heavy (non-hydrogen) atoms. The van der Waals surface area contributed by atoms with E-state index in [0.717, 1.165) is 13.8 Å². The summed E-state index contributed by atoms with van der Waals surface area (Å²) in [5.41, 5.74) is 0. The number of carbonyl (C=O) groups is 2. The minimum atomic E-state index is -0.833. The zero-order valence-electron chi connectivity index (χ0n) is 8.16. The molecule has 0 amide bonds. The molecule has 0 fully saturated rings. The van der Waals surface area contributed by atoms with Gasteiger partial charge in [0.2, 0.25) is 0 Å². The van der Waals surface area contributed by atoms with Gasteiger partial charge in [-0.3, -0.25) is 9.59 Å². The van der Waals surface area contributed by atoms with E-state index in [1.807, 2.05) is 0 Å². The van der Waals surface area contributed by atoms with Gasteiger partial charge in [-0.15, -0.1) is 0 Å². The molecule has 0 atom stereocenters. The van der Waals surface area contributed by atoms with Gasteiger partial charge in [-0.25, -0.2) is 0 Å². The third-order valence-electron chi connectivity index (χ3n) is 0. The van der Waals surface area contributed by atoms with E-state index in [2.05, 4.69) is 14.6 Å². The zero-order chi connectivity index (χ0) is 10.7. The molecule has 0 aliphatic rings. The van der Waals surface area contributed by atoms with Crippen LogP contribution in [0, 0.1) is 0 Å². The van der Waals surface area contributed by atoms with Crippen LogP contribution in [-0.2, 0) is 9.59 Å². The Morgan fingerprint density at radius 1 is 0.917 bits per heavy atom. The first kappa shape index (κ1) is 17.7. The molecule has 0 unspecified atom stereocenters. The van der Waals surface area contributed by atoms with E-state index in [1.54, 1.807) is 0 Å². The summed E-state index contributed by atoms with van der Waals surface area (Å²) in [4.78, 5) is 25.1. The first-order valence-corrected chi connectivity index (χ1v) is 10.9. The minimum absolute atomic E-state index is 0.450. The average molecular weight is 287 g/mol. The Morgan fingerprint density at radius 2 is 0.917 bits per heavy atom. The molecule has 0 saturated carbocycles. The van der Waals surface area contributed by atoms with Gasteiger partial charge >= 0.3 is 34.8 Å². The summed E-state index contributed by atoms with van der Waals surface area (Å²) in [6.07, 6.45) is 0. The van der Waals surface area contributed by atoms with Gasteiger partial charge in [-0.2, -0.15) is 0 Å². The van der Waals surface area contributed by atoms with Crippen molar-refractivity contribution in [2.24, 2.45) is 0 Å². The second kappa shape index (κ2) is 13.4. The number of carboxylic acids is 2. The van der Waals surface area contributed by atoms with E-state index in [-0.39, 0.29) is 0 Å². The van der Waals surface area contributed by atoms with Gasteiger partial charge in [0.15, 0.2) is 0 Å². The summed E-state index contributed by atoms with van der Waals surface area (Å²) < 4.78 is 0. The zero-order valence-corrected chi connectivity index (χ0v) is 10.7. The standard InChI is InChI=1S/2C2H4O2.3CH3.Sb/c2*1-2(3)4;;;;/h2*1H3,(H,3,4);3*1H3;. The second-order valence-electron chi connectivity index (χ2n) is 2.38. The van der Waals surface area contributed by atoms with Crippen molar-refractivity contribution in [3.05, 3.63) is 0 Å². The van der Waals surface area contributed by atoms with Gasteiger partial charge in [-0.1, -0.05) is 0 Å². The van der Waals surface area contributed by atoms with Gasteiger partial charge in [0.25, 0.3) is 11.9 Å². The predicted molar refractivity (Wildman–Crippen MR) is 50.0 cm³/mol. The van der Waals surface area contributed by atoms with Crippen molar-refractivity contribution in [1.82, 2.24) is 0 Å². The van der Waals surface area contributed by atoms with Gasteiger partial charge in [-0.05, 0) is 0 Å². The maximum absolute atomic E-state index is 9.00. The molecule has 0 spiro atoms. The van der Waals surface area contributed by atoms with Crippen LogP contribution in [0.25, 0.3) is 0 Å². The molecule has 0 rings (SSSR count). The van der Waals surface area contributed by atoms with Gasteiger partial charge in [0.1, 0.15) is 0 Å². The van der Waals surface area contributed by atoms with Gasteiger partial charge < -0.3 is 10.2 Å². The van der Waals surface area contributed by atoms with Crippen LogP contribution in [0.1, 0.15) is 13.8 Å². The van der Waals surface area contributed by atoms with Crippen LogP contribution in [0.3, 0.4) is 0 Å². The Kier molecular flexibility index (Phi) is 19.7. The number of rotatable bonds is 0. The van der Waals surface area contributed by atoms with E-state index >= 15 is 0 Å². The average Bonchev–Trinajstić information content (AvgIpc) is 1.54. The SMILES string of the molecule is CC(=O)O.CC(=O)O.[CH3][Sb]([CH3])[CH3]. The van der Waals surface area contributed by atoms with Crippen LogP contribution >= 0.6 is 0 Å². The Hall–Kier alpha value is -0.242. The molecule has 0 aromatic heterocycles. The second-order valence-corrected chi connectivity index (χ2v) is 10.0. The fraction of sp³-hybridized carbons (Fsp3) is 0.714. The molecular weight excluding hydrogens is 270 g/mol. The molecular formula is C7H17O4Sb. The molecule has 0 aromatic rings. The monoisotopic (exact) mass is 286 g/mol. The number of hydrogen-bond donors (Lipinski definition) is 2. The van der Waals surface area contributed by atoms with Gasteiger partial charge in [0.05, 0.1) is 0 Å². The van der Waals surface area contributed by atoms with E-state index < -0.39 is 32.1 Å². The fourth-order valence-electron chi connectivity index (χ4n) is 0. The topological polar surface area (TPSA) is 74.6 Å². The Morgan fingerprint density at radius 3 is 0.917 bits per heavy atom. The molecule has 0 bridgehead atoms. The molecule has 74 valence electrons.